The Hall–Kier alpha value is -1.80. The highest BCUT2D eigenvalue weighted by atomic mass is 16.6. The van der Waals surface area contributed by atoms with Gasteiger partial charge in [-0.15, -0.1) is 0 Å². The zero-order valence-corrected chi connectivity index (χ0v) is 9.16. The van der Waals surface area contributed by atoms with E-state index in [2.05, 4.69) is 4.99 Å². The topological polar surface area (TPSA) is 47.9 Å². The summed E-state index contributed by atoms with van der Waals surface area (Å²) in [6.07, 6.45) is 2.38. The number of ether oxygens (including phenoxy) is 2. The highest BCUT2D eigenvalue weighted by Gasteiger charge is 2.17. The molecular weight excluding hydrogens is 206 g/mol. The molecule has 0 spiro atoms. The van der Waals surface area contributed by atoms with Crippen molar-refractivity contribution in [1.82, 2.24) is 0 Å². The molecule has 0 N–H and O–H groups in total. The maximum Gasteiger partial charge on any atom is 0.235 e. The average molecular weight is 219 g/mol. The van der Waals surface area contributed by atoms with Crippen molar-refractivity contribution >= 4 is 6.08 Å². The van der Waals surface area contributed by atoms with Gasteiger partial charge in [-0.05, 0) is 18.1 Å². The fourth-order valence-corrected chi connectivity index (χ4v) is 1.87. The van der Waals surface area contributed by atoms with E-state index in [1.165, 1.54) is 0 Å². The van der Waals surface area contributed by atoms with Gasteiger partial charge in [-0.1, -0.05) is 13.0 Å². The molecule has 1 aromatic rings. The predicted molar refractivity (Wildman–Crippen MR) is 58.6 cm³/mol. The Labute approximate surface area is 93.9 Å². The van der Waals surface area contributed by atoms with Crippen LogP contribution in [0.5, 0.6) is 11.5 Å². The van der Waals surface area contributed by atoms with E-state index in [1.807, 2.05) is 19.1 Å². The molecule has 84 valence electrons. The summed E-state index contributed by atoms with van der Waals surface area (Å²) in [6.45, 7) is 3.55. The molecule has 4 heteroatoms. The van der Waals surface area contributed by atoms with Crippen LogP contribution >= 0.6 is 0 Å². The van der Waals surface area contributed by atoms with Crippen LogP contribution in [-0.4, -0.2) is 19.3 Å². The number of benzene rings is 1. The normalized spacial score (nSPS) is 13.1. The molecule has 0 bridgehead atoms. The summed E-state index contributed by atoms with van der Waals surface area (Å²) in [6, 6.07) is 3.79. The second kappa shape index (κ2) is 4.81. The minimum Gasteiger partial charge on any atom is -0.486 e. The van der Waals surface area contributed by atoms with Crippen LogP contribution in [0.4, 0.5) is 0 Å². The monoisotopic (exact) mass is 219 g/mol. The average Bonchev–Trinajstić information content (AvgIpc) is 2.35. The van der Waals surface area contributed by atoms with Gasteiger partial charge in [0, 0.05) is 5.56 Å². The smallest absolute Gasteiger partial charge is 0.235 e. The Morgan fingerprint density at radius 1 is 1.38 bits per heavy atom. The molecule has 0 aromatic heterocycles. The van der Waals surface area contributed by atoms with Crippen molar-refractivity contribution in [3.63, 3.8) is 0 Å². The summed E-state index contributed by atoms with van der Waals surface area (Å²) < 4.78 is 11.1. The lowest BCUT2D eigenvalue weighted by molar-refractivity contribution is 0.170. The van der Waals surface area contributed by atoms with E-state index >= 15 is 0 Å². The molecule has 0 fully saturated rings. The Kier molecular flexibility index (Phi) is 3.22. The van der Waals surface area contributed by atoms with Gasteiger partial charge in [-0.25, -0.2) is 9.79 Å². The van der Waals surface area contributed by atoms with Gasteiger partial charge in [-0.2, -0.15) is 0 Å². The minimum atomic E-state index is 0.351. The third kappa shape index (κ3) is 1.92. The summed E-state index contributed by atoms with van der Waals surface area (Å²) in [5.74, 6) is 1.58. The highest BCUT2D eigenvalue weighted by Crippen LogP contribution is 2.36. The third-order valence-electron chi connectivity index (χ3n) is 2.58. The maximum absolute atomic E-state index is 10.1. The van der Waals surface area contributed by atoms with E-state index in [4.69, 9.17) is 9.47 Å². The lowest BCUT2D eigenvalue weighted by Crippen LogP contribution is -2.17. The molecule has 0 aliphatic carbocycles. The standard InChI is InChI=1S/C12H13NO3/c1-2-10-9(7-13-8-14)3-4-11-12(10)16-6-5-15-11/h3-4H,2,5-7H2,1H3. The number of carbonyl (C=O) groups excluding carboxylic acids is 1. The summed E-state index contributed by atoms with van der Waals surface area (Å²) in [4.78, 5) is 13.7. The summed E-state index contributed by atoms with van der Waals surface area (Å²) in [7, 11) is 0. The number of hydrogen-bond donors (Lipinski definition) is 0. The maximum atomic E-state index is 10.1. The molecule has 0 saturated heterocycles. The number of rotatable bonds is 3. The van der Waals surface area contributed by atoms with Gasteiger partial charge < -0.3 is 9.47 Å². The largest absolute Gasteiger partial charge is 0.486 e. The Morgan fingerprint density at radius 2 is 2.19 bits per heavy atom. The van der Waals surface area contributed by atoms with Crippen LogP contribution in [0.2, 0.25) is 0 Å². The second-order valence-corrected chi connectivity index (χ2v) is 3.49. The summed E-state index contributed by atoms with van der Waals surface area (Å²) in [5.41, 5.74) is 2.06. The van der Waals surface area contributed by atoms with Gasteiger partial charge in [0.2, 0.25) is 6.08 Å². The van der Waals surface area contributed by atoms with Crippen LogP contribution in [0.15, 0.2) is 17.1 Å². The minimum absolute atomic E-state index is 0.351. The van der Waals surface area contributed by atoms with Crippen LogP contribution in [-0.2, 0) is 17.8 Å². The van der Waals surface area contributed by atoms with Crippen molar-refractivity contribution < 1.29 is 14.3 Å². The van der Waals surface area contributed by atoms with Crippen molar-refractivity contribution in [3.8, 4) is 11.5 Å². The first kappa shape index (κ1) is 10.7. The molecular formula is C12H13NO3. The Balaban J connectivity index is 2.42. The molecule has 1 aromatic carbocycles. The van der Waals surface area contributed by atoms with Crippen LogP contribution < -0.4 is 9.47 Å². The van der Waals surface area contributed by atoms with Crippen LogP contribution in [0, 0.1) is 0 Å². The number of hydrogen-bond acceptors (Lipinski definition) is 4. The van der Waals surface area contributed by atoms with Crippen molar-refractivity contribution in [3.05, 3.63) is 23.3 Å². The van der Waals surface area contributed by atoms with E-state index in [0.29, 0.717) is 19.8 Å². The first-order chi connectivity index (χ1) is 7.86. The quantitative estimate of drug-likeness (QED) is 0.575. The number of fused-ring (bicyclic) bond motifs is 1. The molecule has 1 heterocycles. The second-order valence-electron chi connectivity index (χ2n) is 3.49. The van der Waals surface area contributed by atoms with Crippen molar-refractivity contribution in [1.29, 1.82) is 0 Å². The van der Waals surface area contributed by atoms with Crippen LogP contribution in [0.1, 0.15) is 18.1 Å². The van der Waals surface area contributed by atoms with E-state index in [1.54, 1.807) is 6.08 Å². The molecule has 2 rings (SSSR count). The fourth-order valence-electron chi connectivity index (χ4n) is 1.87. The third-order valence-corrected chi connectivity index (χ3v) is 2.58. The zero-order valence-electron chi connectivity index (χ0n) is 9.16. The molecule has 1 aliphatic heterocycles. The van der Waals surface area contributed by atoms with E-state index in [0.717, 1.165) is 29.0 Å². The Morgan fingerprint density at radius 3 is 2.94 bits per heavy atom. The van der Waals surface area contributed by atoms with E-state index in [-0.39, 0.29) is 0 Å². The Bertz CT molecular complexity index is 436. The first-order valence-corrected chi connectivity index (χ1v) is 5.30. The summed E-state index contributed by atoms with van der Waals surface area (Å²) in [5, 5.41) is 0. The number of nitrogens with zero attached hydrogens (tertiary/aromatic N) is 1. The van der Waals surface area contributed by atoms with Crippen molar-refractivity contribution in [2.45, 2.75) is 19.9 Å². The molecule has 4 nitrogen and oxygen atoms in total. The van der Waals surface area contributed by atoms with Gasteiger partial charge in [0.15, 0.2) is 11.5 Å². The lowest BCUT2D eigenvalue weighted by atomic mass is 10.0. The van der Waals surface area contributed by atoms with Gasteiger partial charge >= 0.3 is 0 Å². The molecule has 0 unspecified atom stereocenters. The SMILES string of the molecule is CCc1c(CN=C=O)ccc2c1OCCO2. The van der Waals surface area contributed by atoms with Gasteiger partial charge in [0.05, 0.1) is 6.54 Å². The molecule has 0 radical (unpaired) electrons. The van der Waals surface area contributed by atoms with Crippen molar-refractivity contribution in [2.24, 2.45) is 4.99 Å². The fraction of sp³-hybridized carbons (Fsp3) is 0.417. The molecule has 0 amide bonds. The predicted octanol–water partition coefficient (Wildman–Crippen LogP) is 1.86. The van der Waals surface area contributed by atoms with Gasteiger partial charge in [-0.3, -0.25) is 0 Å². The molecule has 0 saturated carbocycles. The van der Waals surface area contributed by atoms with Crippen molar-refractivity contribution in [2.75, 3.05) is 13.2 Å². The first-order valence-electron chi connectivity index (χ1n) is 5.30. The van der Waals surface area contributed by atoms with Crippen LogP contribution in [0.25, 0.3) is 0 Å². The molecule has 1 aliphatic rings. The summed E-state index contributed by atoms with van der Waals surface area (Å²) >= 11 is 0. The van der Waals surface area contributed by atoms with Gasteiger partial charge in [0.1, 0.15) is 13.2 Å². The van der Waals surface area contributed by atoms with Gasteiger partial charge in [0.25, 0.3) is 0 Å². The van der Waals surface area contributed by atoms with E-state index in [9.17, 15) is 4.79 Å². The number of aliphatic imine (C=N–C) groups is 1. The molecule has 16 heavy (non-hydrogen) atoms. The highest BCUT2D eigenvalue weighted by molar-refractivity contribution is 5.52. The number of isocyanates is 1. The lowest BCUT2D eigenvalue weighted by Gasteiger charge is -2.22. The zero-order chi connectivity index (χ0) is 11.4. The van der Waals surface area contributed by atoms with E-state index < -0.39 is 0 Å². The molecule has 0 atom stereocenters. The van der Waals surface area contributed by atoms with Crippen LogP contribution in [0.3, 0.4) is 0 Å².